The maximum Gasteiger partial charge on any atom is 0.0801 e. The molecule has 0 amide bonds. The molecule has 2 heterocycles. The van der Waals surface area contributed by atoms with Crippen molar-refractivity contribution < 1.29 is 0 Å². The molecule has 39 heavy (non-hydrogen) atoms. The van der Waals surface area contributed by atoms with E-state index in [9.17, 15) is 0 Å². The molecule has 7 rings (SSSR count). The lowest BCUT2D eigenvalue weighted by Gasteiger charge is -2.25. The van der Waals surface area contributed by atoms with Crippen LogP contribution in [0.4, 0.5) is 0 Å². The molecule has 0 fully saturated rings. The Morgan fingerprint density at radius 2 is 0.923 bits per heavy atom. The molecule has 0 bridgehead atoms. The van der Waals surface area contributed by atoms with Gasteiger partial charge in [-0.05, 0) is 42.3 Å². The quantitative estimate of drug-likeness (QED) is 0.206. The summed E-state index contributed by atoms with van der Waals surface area (Å²) in [7, 11) is 0. The first-order chi connectivity index (χ1) is 19.2. The number of benzene rings is 5. The van der Waals surface area contributed by atoms with Gasteiger partial charge in [0, 0.05) is 51.6 Å². The average molecular weight is 506 g/mol. The molecule has 0 aliphatic heterocycles. The van der Waals surface area contributed by atoms with E-state index in [0.29, 0.717) is 17.7 Å². The number of fused-ring (bicyclic) bond motifs is 6. The molecule has 188 valence electrons. The average Bonchev–Trinajstić information content (AvgIpc) is 3.49. The minimum Gasteiger partial charge on any atom is -0.326 e. The van der Waals surface area contributed by atoms with Crippen LogP contribution < -0.4 is 5.73 Å². The number of hydrogen-bond acceptors (Lipinski definition) is 3. The van der Waals surface area contributed by atoms with Gasteiger partial charge in [0.2, 0.25) is 0 Å². The molecule has 5 heteroatoms. The fourth-order valence-electron chi connectivity index (χ4n) is 6.32. The number of nitrogens with one attached hydrogen (secondary N) is 2. The second-order valence-electron chi connectivity index (χ2n) is 9.86. The topological polar surface area (TPSA) is 83.6 Å². The van der Waals surface area contributed by atoms with E-state index >= 15 is 0 Å². The summed E-state index contributed by atoms with van der Waals surface area (Å²) < 4.78 is 4.56. The molecule has 0 unspecified atom stereocenters. The number of nitrogens with zero attached hydrogens (tertiary/aromatic N) is 2. The Morgan fingerprint density at radius 1 is 0.564 bits per heavy atom. The summed E-state index contributed by atoms with van der Waals surface area (Å²) in [5.74, 6) is 0. The molecule has 0 saturated carbocycles. The van der Waals surface area contributed by atoms with Gasteiger partial charge in [-0.25, -0.2) is 0 Å². The highest BCUT2D eigenvalue weighted by atomic mass is 15.1. The monoisotopic (exact) mass is 505 g/mol. The van der Waals surface area contributed by atoms with Crippen molar-refractivity contribution in [3.8, 4) is 11.4 Å². The van der Waals surface area contributed by atoms with Crippen LogP contribution in [-0.4, -0.2) is 21.6 Å². The van der Waals surface area contributed by atoms with Gasteiger partial charge in [0.25, 0.3) is 0 Å². The zero-order chi connectivity index (χ0) is 26.7. The summed E-state index contributed by atoms with van der Waals surface area (Å²) in [5, 5.41) is 21.6. The first-order valence-corrected chi connectivity index (χ1v) is 13.1. The number of nitrogens with two attached hydrogens (primary N) is 1. The van der Waals surface area contributed by atoms with Crippen molar-refractivity contribution in [3.63, 3.8) is 0 Å². The normalized spacial score (nSPS) is 11.6. The van der Waals surface area contributed by atoms with Crippen molar-refractivity contribution in [1.29, 1.82) is 10.8 Å². The molecule has 0 aliphatic rings. The predicted octanol–water partition coefficient (Wildman–Crippen LogP) is 7.64. The lowest BCUT2D eigenvalue weighted by Crippen LogP contribution is -2.16. The largest absolute Gasteiger partial charge is 0.326 e. The maximum absolute atomic E-state index is 8.64. The highest BCUT2D eigenvalue weighted by molar-refractivity contribution is 6.13. The minimum absolute atomic E-state index is 0.297. The Morgan fingerprint density at radius 3 is 1.28 bits per heavy atom. The third-order valence-corrected chi connectivity index (χ3v) is 8.01. The van der Waals surface area contributed by atoms with Gasteiger partial charge in [-0.2, -0.15) is 0 Å². The molecule has 0 atom stereocenters. The van der Waals surface area contributed by atoms with Crippen LogP contribution in [-0.2, 0) is 6.54 Å². The van der Waals surface area contributed by atoms with Gasteiger partial charge in [-0.3, -0.25) is 0 Å². The number of aromatic nitrogens is 2. The molecular formula is C34H27N5. The summed E-state index contributed by atoms with van der Waals surface area (Å²) in [6.07, 6.45) is 2.76. The highest BCUT2D eigenvalue weighted by Crippen LogP contribution is 2.42. The van der Waals surface area contributed by atoms with E-state index in [1.807, 2.05) is 6.92 Å². The SMILES string of the molecule is Cc1c(C=N)c(C=N)c(-n2c3ccccc3c3ccccc32)c(-n2c3ccccc3c3ccccc32)c1CN. The Balaban J connectivity index is 1.81. The Bertz CT molecular complexity index is 2000. The van der Waals surface area contributed by atoms with Gasteiger partial charge in [0.05, 0.1) is 33.4 Å². The van der Waals surface area contributed by atoms with Gasteiger partial charge in [-0.1, -0.05) is 72.8 Å². The first kappa shape index (κ1) is 23.1. The van der Waals surface area contributed by atoms with Crippen LogP contribution in [0.15, 0.2) is 97.1 Å². The molecule has 0 radical (unpaired) electrons. The second-order valence-corrected chi connectivity index (χ2v) is 9.86. The van der Waals surface area contributed by atoms with E-state index in [2.05, 4.69) is 106 Å². The minimum atomic E-state index is 0.297. The molecule has 0 aliphatic carbocycles. The van der Waals surface area contributed by atoms with E-state index in [4.69, 9.17) is 16.6 Å². The third kappa shape index (κ3) is 3.11. The molecule has 5 nitrogen and oxygen atoms in total. The van der Waals surface area contributed by atoms with Crippen molar-refractivity contribution in [2.75, 3.05) is 0 Å². The smallest absolute Gasteiger partial charge is 0.0801 e. The second kappa shape index (κ2) is 8.79. The number of para-hydroxylation sites is 4. The Hall–Kier alpha value is -5.00. The summed E-state index contributed by atoms with van der Waals surface area (Å²) in [5.41, 5.74) is 15.9. The van der Waals surface area contributed by atoms with Crippen LogP contribution in [0.5, 0.6) is 0 Å². The van der Waals surface area contributed by atoms with Gasteiger partial charge >= 0.3 is 0 Å². The first-order valence-electron chi connectivity index (χ1n) is 13.1. The van der Waals surface area contributed by atoms with E-state index in [0.717, 1.165) is 66.1 Å². The van der Waals surface area contributed by atoms with Gasteiger partial charge < -0.3 is 25.7 Å². The summed E-state index contributed by atoms with van der Waals surface area (Å²) >= 11 is 0. The van der Waals surface area contributed by atoms with Crippen molar-refractivity contribution in [2.45, 2.75) is 13.5 Å². The van der Waals surface area contributed by atoms with E-state index in [1.54, 1.807) is 0 Å². The number of rotatable bonds is 5. The van der Waals surface area contributed by atoms with E-state index in [-0.39, 0.29) is 0 Å². The summed E-state index contributed by atoms with van der Waals surface area (Å²) in [4.78, 5) is 0. The molecule has 0 spiro atoms. The van der Waals surface area contributed by atoms with Crippen LogP contribution in [0, 0.1) is 17.7 Å². The molecule has 2 aromatic heterocycles. The predicted molar refractivity (Wildman–Crippen MR) is 164 cm³/mol. The van der Waals surface area contributed by atoms with Crippen molar-refractivity contribution >= 4 is 56.0 Å². The molecular weight excluding hydrogens is 478 g/mol. The maximum atomic E-state index is 8.64. The fourth-order valence-corrected chi connectivity index (χ4v) is 6.32. The van der Waals surface area contributed by atoms with Gasteiger partial charge in [0.15, 0.2) is 0 Å². The standard InChI is InChI=1S/C34H27N5/c1-21-26(18-35)28(20-37)34(39-31-16-8-4-12-24(31)25-13-5-9-17-32(25)39)33(27(21)19-36)38-29-14-6-2-10-22(29)23-11-3-7-15-30(23)38/h2-18,20,35,37H,19,36H2,1H3. The van der Waals surface area contributed by atoms with Crippen molar-refractivity contribution in [2.24, 2.45) is 5.73 Å². The van der Waals surface area contributed by atoms with Crippen molar-refractivity contribution in [3.05, 3.63) is 119 Å². The highest BCUT2D eigenvalue weighted by Gasteiger charge is 2.26. The Labute approximate surface area is 225 Å². The van der Waals surface area contributed by atoms with Crippen LogP contribution in [0.1, 0.15) is 22.3 Å². The zero-order valence-electron chi connectivity index (χ0n) is 21.6. The van der Waals surface area contributed by atoms with Crippen LogP contribution in [0.3, 0.4) is 0 Å². The molecule has 4 N–H and O–H groups in total. The van der Waals surface area contributed by atoms with Crippen LogP contribution in [0.2, 0.25) is 0 Å². The van der Waals surface area contributed by atoms with Gasteiger partial charge in [-0.15, -0.1) is 0 Å². The van der Waals surface area contributed by atoms with Gasteiger partial charge in [0.1, 0.15) is 0 Å². The lowest BCUT2D eigenvalue weighted by atomic mass is 9.93. The fraction of sp³-hybridized carbons (Fsp3) is 0.0588. The summed E-state index contributed by atoms with van der Waals surface area (Å²) in [6, 6.07) is 33.7. The van der Waals surface area contributed by atoms with E-state index < -0.39 is 0 Å². The van der Waals surface area contributed by atoms with Crippen LogP contribution in [0.25, 0.3) is 55.0 Å². The van der Waals surface area contributed by atoms with Crippen molar-refractivity contribution in [1.82, 2.24) is 9.13 Å². The zero-order valence-corrected chi connectivity index (χ0v) is 21.6. The number of hydrogen-bond donors (Lipinski definition) is 3. The lowest BCUT2D eigenvalue weighted by molar-refractivity contribution is 0.983. The van der Waals surface area contributed by atoms with E-state index in [1.165, 1.54) is 12.4 Å². The Kier molecular flexibility index (Phi) is 5.22. The van der Waals surface area contributed by atoms with Crippen LogP contribution >= 0.6 is 0 Å². The molecule has 5 aromatic carbocycles. The third-order valence-electron chi connectivity index (χ3n) is 8.01. The molecule has 0 saturated heterocycles. The molecule has 7 aromatic rings. The summed E-state index contributed by atoms with van der Waals surface area (Å²) in [6.45, 7) is 2.31.